The van der Waals surface area contributed by atoms with Gasteiger partial charge in [-0.05, 0) is 42.8 Å². The molecular formula is C35H50ClN6O2S+. The Balaban J connectivity index is 0.00000400. The van der Waals surface area contributed by atoms with Gasteiger partial charge in [0.25, 0.3) is 0 Å². The molecule has 6 rings (SSSR count). The minimum atomic E-state index is 0. The molecule has 3 aliphatic rings. The van der Waals surface area contributed by atoms with Crippen LogP contribution >= 0.6 is 24.2 Å². The molecule has 10 heteroatoms. The van der Waals surface area contributed by atoms with E-state index in [1.54, 1.807) is 0 Å². The molecular weight excluding hydrogens is 604 g/mol. The summed E-state index contributed by atoms with van der Waals surface area (Å²) in [4.78, 5) is 8.83. The molecule has 0 amide bonds. The number of nitrogens with one attached hydrogen (secondary N) is 2. The molecule has 2 saturated heterocycles. The second-order valence-electron chi connectivity index (χ2n) is 11.8. The maximum absolute atomic E-state index is 5.47. The average Bonchev–Trinajstić information content (AvgIpc) is 3.42. The largest absolute Gasteiger partial charge is 0.379 e. The number of para-hydroxylation sites is 2. The molecule has 1 aromatic heterocycles. The van der Waals surface area contributed by atoms with E-state index in [9.17, 15) is 0 Å². The number of fused-ring (bicyclic) bond motifs is 2. The third kappa shape index (κ3) is 9.65. The van der Waals surface area contributed by atoms with Crippen molar-refractivity contribution in [1.82, 2.24) is 20.4 Å². The van der Waals surface area contributed by atoms with Crippen molar-refractivity contribution >= 4 is 46.8 Å². The van der Waals surface area contributed by atoms with Gasteiger partial charge in [0.1, 0.15) is 6.54 Å². The van der Waals surface area contributed by atoms with Crippen molar-refractivity contribution in [3.05, 3.63) is 71.4 Å². The quantitative estimate of drug-likeness (QED) is 0.188. The fourth-order valence-electron chi connectivity index (χ4n) is 6.26. The van der Waals surface area contributed by atoms with Crippen LogP contribution in [0.1, 0.15) is 18.4 Å². The number of anilines is 1. The van der Waals surface area contributed by atoms with Crippen molar-refractivity contribution in [2.24, 2.45) is 0 Å². The number of hydrogen-bond donors (Lipinski definition) is 2. The molecule has 2 fully saturated rings. The van der Waals surface area contributed by atoms with Gasteiger partial charge in [-0.25, -0.2) is 0 Å². The predicted molar refractivity (Wildman–Crippen MR) is 189 cm³/mol. The van der Waals surface area contributed by atoms with Crippen LogP contribution in [-0.4, -0.2) is 108 Å². The molecule has 0 radical (unpaired) electrons. The summed E-state index contributed by atoms with van der Waals surface area (Å²) >= 11 is 1.89. The van der Waals surface area contributed by atoms with Crippen LogP contribution in [0.4, 0.5) is 5.69 Å². The Kier molecular flexibility index (Phi) is 13.8. The van der Waals surface area contributed by atoms with Crippen molar-refractivity contribution in [3.63, 3.8) is 0 Å². The summed E-state index contributed by atoms with van der Waals surface area (Å²) in [7, 11) is 0. The molecule has 2 aromatic carbocycles. The number of rotatable bonds is 15. The lowest BCUT2D eigenvalue weighted by atomic mass is 10.1. The van der Waals surface area contributed by atoms with E-state index in [4.69, 9.17) is 9.47 Å². The molecule has 0 bridgehead atoms. The van der Waals surface area contributed by atoms with Crippen molar-refractivity contribution in [1.29, 1.82) is 0 Å². The third-order valence-electron chi connectivity index (χ3n) is 8.78. The number of aromatic nitrogens is 1. The van der Waals surface area contributed by atoms with E-state index < -0.39 is 0 Å². The molecule has 4 heterocycles. The monoisotopic (exact) mass is 653 g/mol. The highest BCUT2D eigenvalue weighted by Crippen LogP contribution is 2.46. The predicted octanol–water partition coefficient (Wildman–Crippen LogP) is 4.08. The number of nitrogens with zero attached hydrogens (tertiary/aromatic N) is 4. The van der Waals surface area contributed by atoms with Gasteiger partial charge in [-0.3, -0.25) is 9.80 Å². The number of thioether (sulfide) groups is 1. The molecule has 3 aromatic rings. The van der Waals surface area contributed by atoms with Crippen LogP contribution in [0, 0.1) is 0 Å². The zero-order chi connectivity index (χ0) is 29.8. The zero-order valence-electron chi connectivity index (χ0n) is 26.5. The Bertz CT molecular complexity index is 1360. The topological polar surface area (TPSA) is 56.1 Å². The summed E-state index contributed by atoms with van der Waals surface area (Å²) in [5.41, 5.74) is 3.91. The lowest BCUT2D eigenvalue weighted by molar-refractivity contribution is -0.671. The van der Waals surface area contributed by atoms with Crippen molar-refractivity contribution in [3.8, 4) is 0 Å². The maximum Gasteiger partial charge on any atom is 0.213 e. The molecule has 0 aliphatic carbocycles. The van der Waals surface area contributed by atoms with Gasteiger partial charge >= 0.3 is 0 Å². The minimum absolute atomic E-state index is 0. The Morgan fingerprint density at radius 1 is 0.733 bits per heavy atom. The average molecular weight is 654 g/mol. The lowest BCUT2D eigenvalue weighted by Crippen LogP contribution is -2.41. The summed E-state index contributed by atoms with van der Waals surface area (Å²) in [6.45, 7) is 16.0. The van der Waals surface area contributed by atoms with E-state index in [0.29, 0.717) is 0 Å². The van der Waals surface area contributed by atoms with Crippen LogP contribution in [0.2, 0.25) is 0 Å². The van der Waals surface area contributed by atoms with Gasteiger partial charge in [0, 0.05) is 88.9 Å². The van der Waals surface area contributed by atoms with Gasteiger partial charge in [-0.2, -0.15) is 4.57 Å². The number of hydrogen-bond acceptors (Lipinski definition) is 8. The third-order valence-corrected chi connectivity index (χ3v) is 9.89. The number of pyridine rings is 1. The zero-order valence-corrected chi connectivity index (χ0v) is 28.1. The first-order valence-electron chi connectivity index (χ1n) is 16.5. The molecule has 0 spiro atoms. The highest BCUT2D eigenvalue weighted by Gasteiger charge is 2.25. The van der Waals surface area contributed by atoms with Crippen LogP contribution in [0.15, 0.2) is 70.7 Å². The first-order chi connectivity index (χ1) is 21.8. The number of aryl methyl sites for hydroxylation is 1. The fraction of sp³-hybridized carbons (Fsp3) is 0.514. The van der Waals surface area contributed by atoms with Crippen molar-refractivity contribution in [2.45, 2.75) is 24.3 Å². The molecule has 8 nitrogen and oxygen atoms in total. The van der Waals surface area contributed by atoms with E-state index >= 15 is 0 Å². The van der Waals surface area contributed by atoms with E-state index in [0.717, 1.165) is 118 Å². The van der Waals surface area contributed by atoms with Crippen molar-refractivity contribution in [2.75, 3.05) is 103 Å². The summed E-state index contributed by atoms with van der Waals surface area (Å²) < 4.78 is 13.3. The highest BCUT2D eigenvalue weighted by molar-refractivity contribution is 8.03. The Morgan fingerprint density at radius 2 is 1.38 bits per heavy atom. The van der Waals surface area contributed by atoms with E-state index in [-0.39, 0.29) is 12.4 Å². The normalized spacial score (nSPS) is 18.4. The summed E-state index contributed by atoms with van der Waals surface area (Å²) in [5.74, 6) is 0. The standard InChI is InChI=1S/C35H49N6O2S.ClH/c1-2-8-32-31(7-1)30(11-18-40(32)16-5-12-36-14-19-38-21-25-42-26-22-38)29-35-41(33-9-3-4-10-34(33)44-35)17-6-13-37-15-20-39-23-27-43-28-24-39;/h1-4,7-11,18,29,36-37H,5-6,12-17,19-28H2;1H/q+1;. The van der Waals surface area contributed by atoms with Crippen LogP contribution in [0.5, 0.6) is 0 Å². The molecule has 45 heavy (non-hydrogen) atoms. The van der Waals surface area contributed by atoms with Crippen molar-refractivity contribution < 1.29 is 14.0 Å². The first-order valence-corrected chi connectivity index (χ1v) is 17.4. The smallest absolute Gasteiger partial charge is 0.213 e. The van der Waals surface area contributed by atoms with Gasteiger partial charge < -0.3 is 25.0 Å². The summed E-state index contributed by atoms with van der Waals surface area (Å²) in [6, 6.07) is 20.0. The Hall–Kier alpha value is -2.21. The molecule has 0 unspecified atom stereocenters. The van der Waals surface area contributed by atoms with Crippen LogP contribution in [0.3, 0.4) is 0 Å². The van der Waals surface area contributed by atoms with E-state index in [1.807, 2.05) is 11.8 Å². The fourth-order valence-corrected chi connectivity index (χ4v) is 7.40. The second-order valence-corrected chi connectivity index (χ2v) is 12.9. The number of halogens is 1. The van der Waals surface area contributed by atoms with Crippen LogP contribution < -0.4 is 20.1 Å². The number of ether oxygens (including phenoxy) is 2. The minimum Gasteiger partial charge on any atom is -0.379 e. The maximum atomic E-state index is 5.47. The van der Waals surface area contributed by atoms with E-state index in [2.05, 4.69) is 96.8 Å². The molecule has 2 N–H and O–H groups in total. The van der Waals surface area contributed by atoms with Gasteiger partial charge in [0.2, 0.25) is 5.52 Å². The van der Waals surface area contributed by atoms with E-state index in [1.165, 1.54) is 32.1 Å². The highest BCUT2D eigenvalue weighted by atomic mass is 35.5. The van der Waals surface area contributed by atoms with Crippen LogP contribution in [-0.2, 0) is 16.0 Å². The van der Waals surface area contributed by atoms with Gasteiger partial charge in [-0.1, -0.05) is 36.0 Å². The van der Waals surface area contributed by atoms with Gasteiger partial charge in [0.05, 0.1) is 42.5 Å². The first kappa shape index (κ1) is 34.1. The van der Waals surface area contributed by atoms with Crippen LogP contribution in [0.25, 0.3) is 17.0 Å². The summed E-state index contributed by atoms with van der Waals surface area (Å²) in [6.07, 6.45) is 6.89. The molecule has 244 valence electrons. The second kappa shape index (κ2) is 18.2. The lowest BCUT2D eigenvalue weighted by Gasteiger charge is -2.26. The molecule has 0 saturated carbocycles. The van der Waals surface area contributed by atoms with Gasteiger partial charge in [0.15, 0.2) is 6.20 Å². The number of benzene rings is 2. The Labute approximate surface area is 279 Å². The Morgan fingerprint density at radius 3 is 2.11 bits per heavy atom. The molecule has 3 aliphatic heterocycles. The molecule has 0 atom stereocenters. The number of morpholine rings is 2. The summed E-state index contributed by atoms with van der Waals surface area (Å²) in [5, 5.41) is 9.93. The SMILES string of the molecule is C(=C1/Sc2ccccc2N1CCCNCCN1CCOCC1)/c1cc[n+](CCCNCCN2CCOCC2)c2ccccc12.Cl. The van der Waals surface area contributed by atoms with Gasteiger partial charge in [-0.15, -0.1) is 12.4 Å².